The monoisotopic (exact) mass is 344 g/mol. The SMILES string of the molecule is O=C(NCc1ccc(S(=O)(=O)Cl)cc1)c1ccc(Cl)cn1. The highest BCUT2D eigenvalue weighted by molar-refractivity contribution is 8.13. The molecule has 1 amide bonds. The summed E-state index contributed by atoms with van der Waals surface area (Å²) in [5, 5.41) is 3.11. The van der Waals surface area contributed by atoms with Crippen molar-refractivity contribution in [1.29, 1.82) is 0 Å². The summed E-state index contributed by atoms with van der Waals surface area (Å²) in [5.41, 5.74) is 0.987. The second-order valence-corrected chi connectivity index (χ2v) is 7.13. The predicted molar refractivity (Wildman–Crippen MR) is 79.9 cm³/mol. The Morgan fingerprint density at radius 2 is 1.81 bits per heavy atom. The Hall–Kier alpha value is -1.63. The molecule has 0 radical (unpaired) electrons. The molecule has 2 aromatic rings. The average Bonchev–Trinajstić information content (AvgIpc) is 2.45. The highest BCUT2D eigenvalue weighted by Crippen LogP contribution is 2.15. The lowest BCUT2D eigenvalue weighted by atomic mass is 10.2. The molecule has 1 aromatic carbocycles. The van der Waals surface area contributed by atoms with E-state index in [9.17, 15) is 13.2 Å². The van der Waals surface area contributed by atoms with Crippen LogP contribution in [0.5, 0.6) is 0 Å². The van der Waals surface area contributed by atoms with E-state index in [-0.39, 0.29) is 23.0 Å². The molecule has 1 N–H and O–H groups in total. The number of amides is 1. The molecule has 0 unspecified atom stereocenters. The first-order chi connectivity index (χ1) is 9.86. The fraction of sp³-hybridized carbons (Fsp3) is 0.0769. The van der Waals surface area contributed by atoms with Gasteiger partial charge < -0.3 is 5.32 Å². The minimum atomic E-state index is -3.74. The molecule has 1 aromatic heterocycles. The molecule has 8 heteroatoms. The van der Waals surface area contributed by atoms with E-state index in [4.69, 9.17) is 22.3 Å². The second-order valence-electron chi connectivity index (χ2n) is 4.13. The third kappa shape index (κ3) is 4.42. The van der Waals surface area contributed by atoms with E-state index in [2.05, 4.69) is 10.3 Å². The van der Waals surface area contributed by atoms with E-state index < -0.39 is 9.05 Å². The number of nitrogens with zero attached hydrogens (tertiary/aromatic N) is 1. The van der Waals surface area contributed by atoms with Gasteiger partial charge in [0.25, 0.3) is 15.0 Å². The van der Waals surface area contributed by atoms with Crippen LogP contribution in [-0.2, 0) is 15.6 Å². The van der Waals surface area contributed by atoms with Gasteiger partial charge in [-0.25, -0.2) is 13.4 Å². The van der Waals surface area contributed by atoms with Gasteiger partial charge in [0.15, 0.2) is 0 Å². The first-order valence-electron chi connectivity index (χ1n) is 5.79. The summed E-state index contributed by atoms with van der Waals surface area (Å²) >= 11 is 5.69. The van der Waals surface area contributed by atoms with Crippen molar-refractivity contribution >= 4 is 37.2 Å². The standard InChI is InChI=1S/C13H10Cl2N2O3S/c14-10-3-6-12(16-8-10)13(18)17-7-9-1-4-11(5-2-9)21(15,19)20/h1-6,8H,7H2,(H,17,18). The van der Waals surface area contributed by atoms with Crippen LogP contribution >= 0.6 is 22.3 Å². The number of nitrogens with one attached hydrogen (secondary N) is 1. The maximum absolute atomic E-state index is 11.8. The number of hydrogen-bond donors (Lipinski definition) is 1. The fourth-order valence-corrected chi connectivity index (χ4v) is 2.43. The molecule has 2 rings (SSSR count). The zero-order valence-electron chi connectivity index (χ0n) is 10.6. The second kappa shape index (κ2) is 6.43. The number of carbonyl (C=O) groups is 1. The van der Waals surface area contributed by atoms with Crippen molar-refractivity contribution in [2.75, 3.05) is 0 Å². The first kappa shape index (κ1) is 15.8. The molecular formula is C13H10Cl2N2O3S. The van der Waals surface area contributed by atoms with E-state index in [0.29, 0.717) is 5.02 Å². The number of carbonyl (C=O) groups excluding carboxylic acids is 1. The maximum atomic E-state index is 11.8. The van der Waals surface area contributed by atoms with Crippen LogP contribution in [-0.4, -0.2) is 19.3 Å². The zero-order chi connectivity index (χ0) is 15.5. The van der Waals surface area contributed by atoms with Crippen molar-refractivity contribution in [2.24, 2.45) is 0 Å². The molecule has 0 spiro atoms. The van der Waals surface area contributed by atoms with Gasteiger partial charge >= 0.3 is 0 Å². The van der Waals surface area contributed by atoms with Crippen LogP contribution in [0.2, 0.25) is 5.02 Å². The van der Waals surface area contributed by atoms with Gasteiger partial charge in [-0.2, -0.15) is 0 Å². The Morgan fingerprint density at radius 1 is 1.14 bits per heavy atom. The number of halogens is 2. The van der Waals surface area contributed by atoms with Crippen molar-refractivity contribution in [1.82, 2.24) is 10.3 Å². The number of aromatic nitrogens is 1. The van der Waals surface area contributed by atoms with Crippen LogP contribution in [0.15, 0.2) is 47.5 Å². The van der Waals surface area contributed by atoms with Crippen LogP contribution in [0.25, 0.3) is 0 Å². The molecule has 0 atom stereocenters. The highest BCUT2D eigenvalue weighted by atomic mass is 35.7. The van der Waals surface area contributed by atoms with Crippen LogP contribution < -0.4 is 5.32 Å². The summed E-state index contributed by atoms with van der Waals surface area (Å²) in [6.45, 7) is 0.242. The molecule has 0 aliphatic heterocycles. The van der Waals surface area contributed by atoms with Crippen LogP contribution in [0.1, 0.15) is 16.1 Å². The van der Waals surface area contributed by atoms with Crippen molar-refractivity contribution in [2.45, 2.75) is 11.4 Å². The Balaban J connectivity index is 2.00. The predicted octanol–water partition coefficient (Wildman–Crippen LogP) is 2.59. The van der Waals surface area contributed by atoms with Gasteiger partial charge in [-0.05, 0) is 29.8 Å². The number of hydrogen-bond acceptors (Lipinski definition) is 4. The third-order valence-corrected chi connectivity index (χ3v) is 4.21. The lowest BCUT2D eigenvalue weighted by Gasteiger charge is -2.05. The molecule has 1 heterocycles. The molecule has 0 saturated carbocycles. The summed E-state index contributed by atoms with van der Waals surface area (Å²) in [5.74, 6) is -0.347. The molecule has 0 fully saturated rings. The molecule has 21 heavy (non-hydrogen) atoms. The Labute approximate surface area is 131 Å². The van der Waals surface area contributed by atoms with Gasteiger partial charge in [0, 0.05) is 23.4 Å². The largest absolute Gasteiger partial charge is 0.347 e. The third-order valence-electron chi connectivity index (χ3n) is 2.62. The molecule has 110 valence electrons. The molecular weight excluding hydrogens is 335 g/mol. The Morgan fingerprint density at radius 3 is 2.33 bits per heavy atom. The molecule has 5 nitrogen and oxygen atoms in total. The zero-order valence-corrected chi connectivity index (χ0v) is 12.9. The summed E-state index contributed by atoms with van der Waals surface area (Å²) < 4.78 is 22.2. The van der Waals surface area contributed by atoms with Gasteiger partial charge in [-0.3, -0.25) is 4.79 Å². The van der Waals surface area contributed by atoms with E-state index in [1.807, 2.05) is 0 Å². The van der Waals surface area contributed by atoms with Gasteiger partial charge in [0.1, 0.15) is 5.69 Å². The first-order valence-corrected chi connectivity index (χ1v) is 8.48. The maximum Gasteiger partial charge on any atom is 0.270 e. The minimum absolute atomic E-state index is 0.0126. The lowest BCUT2D eigenvalue weighted by molar-refractivity contribution is 0.0946. The van der Waals surface area contributed by atoms with Gasteiger partial charge in [-0.15, -0.1) is 0 Å². The normalized spacial score (nSPS) is 11.1. The topological polar surface area (TPSA) is 76.1 Å². The highest BCUT2D eigenvalue weighted by Gasteiger charge is 2.10. The van der Waals surface area contributed by atoms with Crippen molar-refractivity contribution in [3.63, 3.8) is 0 Å². The van der Waals surface area contributed by atoms with Crippen LogP contribution in [0.4, 0.5) is 0 Å². The van der Waals surface area contributed by atoms with Crippen LogP contribution in [0, 0.1) is 0 Å². The number of pyridine rings is 1. The number of rotatable bonds is 4. The van der Waals surface area contributed by atoms with Crippen LogP contribution in [0.3, 0.4) is 0 Å². The summed E-state index contributed by atoms with van der Waals surface area (Å²) in [6, 6.07) is 8.99. The lowest BCUT2D eigenvalue weighted by Crippen LogP contribution is -2.23. The average molecular weight is 345 g/mol. The summed E-state index contributed by atoms with van der Waals surface area (Å²) in [6.07, 6.45) is 1.39. The smallest absolute Gasteiger partial charge is 0.270 e. The summed E-state index contributed by atoms with van der Waals surface area (Å²) in [7, 11) is 1.48. The summed E-state index contributed by atoms with van der Waals surface area (Å²) in [4.78, 5) is 15.7. The van der Waals surface area contributed by atoms with Crippen molar-refractivity contribution in [3.8, 4) is 0 Å². The van der Waals surface area contributed by atoms with Crippen molar-refractivity contribution in [3.05, 3.63) is 58.9 Å². The molecule has 0 aliphatic carbocycles. The van der Waals surface area contributed by atoms with Gasteiger partial charge in [-0.1, -0.05) is 23.7 Å². The number of benzene rings is 1. The minimum Gasteiger partial charge on any atom is -0.347 e. The van der Waals surface area contributed by atoms with Gasteiger partial charge in [0.2, 0.25) is 0 Å². The molecule has 0 bridgehead atoms. The fourth-order valence-electron chi connectivity index (χ4n) is 1.55. The van der Waals surface area contributed by atoms with E-state index in [1.54, 1.807) is 18.2 Å². The van der Waals surface area contributed by atoms with E-state index in [1.165, 1.54) is 24.4 Å². The van der Waals surface area contributed by atoms with Crippen molar-refractivity contribution < 1.29 is 13.2 Å². The van der Waals surface area contributed by atoms with E-state index in [0.717, 1.165) is 5.56 Å². The quantitative estimate of drug-likeness (QED) is 0.865. The Kier molecular flexibility index (Phi) is 4.82. The molecule has 0 aliphatic rings. The Bertz CT molecular complexity index is 744. The van der Waals surface area contributed by atoms with Gasteiger partial charge in [0.05, 0.1) is 9.92 Å². The molecule has 0 saturated heterocycles. The van der Waals surface area contributed by atoms with E-state index >= 15 is 0 Å².